The molecule has 86 valence electrons. The van der Waals surface area contributed by atoms with Gasteiger partial charge in [-0.3, -0.25) is 14.9 Å². The molecule has 0 aliphatic rings. The van der Waals surface area contributed by atoms with E-state index < -0.39 is 10.8 Å². The first-order chi connectivity index (χ1) is 7.47. The maximum Gasteiger partial charge on any atom is 0.273 e. The predicted octanol–water partition coefficient (Wildman–Crippen LogP) is 1.95. The molecule has 1 amide bonds. The molecule has 5 nitrogen and oxygen atoms in total. The average Bonchev–Trinajstić information content (AvgIpc) is 2.17. The molecule has 0 spiro atoms. The molecule has 0 saturated heterocycles. The van der Waals surface area contributed by atoms with Gasteiger partial charge in [0.05, 0.1) is 4.92 Å². The quantitative estimate of drug-likeness (QED) is 0.624. The van der Waals surface area contributed by atoms with Crippen molar-refractivity contribution in [3.05, 3.63) is 38.9 Å². The lowest BCUT2D eigenvalue weighted by Gasteiger charge is -2.06. The average molecular weight is 222 g/mol. The minimum atomic E-state index is -0.636. The van der Waals surface area contributed by atoms with Crippen LogP contribution in [-0.4, -0.2) is 10.8 Å². The Kier molecular flexibility index (Phi) is 3.60. The molecule has 1 rings (SSSR count). The highest BCUT2D eigenvalue weighted by Gasteiger charge is 2.18. The van der Waals surface area contributed by atoms with E-state index in [9.17, 15) is 14.9 Å². The third kappa shape index (κ3) is 2.36. The van der Waals surface area contributed by atoms with Gasteiger partial charge in [-0.25, -0.2) is 0 Å². The van der Waals surface area contributed by atoms with Crippen LogP contribution in [-0.2, 0) is 6.42 Å². The molecule has 0 saturated carbocycles. The van der Waals surface area contributed by atoms with E-state index in [2.05, 4.69) is 0 Å². The molecule has 0 fully saturated rings. The number of primary amides is 1. The minimum absolute atomic E-state index is 0.0266. The van der Waals surface area contributed by atoms with Crippen molar-refractivity contribution in [1.29, 1.82) is 0 Å². The van der Waals surface area contributed by atoms with Crippen LogP contribution in [0.2, 0.25) is 0 Å². The number of nitrogens with zero attached hydrogens (tertiary/aromatic N) is 1. The van der Waals surface area contributed by atoms with E-state index in [1.165, 1.54) is 6.07 Å². The van der Waals surface area contributed by atoms with Gasteiger partial charge in [0, 0.05) is 17.2 Å². The molecule has 16 heavy (non-hydrogen) atoms. The molecule has 0 aliphatic heterocycles. The van der Waals surface area contributed by atoms with E-state index in [1.54, 1.807) is 13.0 Å². The van der Waals surface area contributed by atoms with Crippen LogP contribution >= 0.6 is 0 Å². The molecule has 5 heteroatoms. The summed E-state index contributed by atoms with van der Waals surface area (Å²) in [7, 11) is 0. The predicted molar refractivity (Wildman–Crippen MR) is 60.3 cm³/mol. The van der Waals surface area contributed by atoms with Gasteiger partial charge in [0.25, 0.3) is 5.69 Å². The van der Waals surface area contributed by atoms with Crippen molar-refractivity contribution in [3.8, 4) is 0 Å². The number of nitro groups is 1. The van der Waals surface area contributed by atoms with E-state index >= 15 is 0 Å². The van der Waals surface area contributed by atoms with Gasteiger partial charge in [0.2, 0.25) is 5.91 Å². The smallest absolute Gasteiger partial charge is 0.273 e. The second kappa shape index (κ2) is 4.74. The molecular formula is C11H14N2O3. The molecule has 1 aromatic rings. The monoisotopic (exact) mass is 222 g/mol. The van der Waals surface area contributed by atoms with Crippen molar-refractivity contribution in [2.24, 2.45) is 5.73 Å². The van der Waals surface area contributed by atoms with Crippen LogP contribution in [0.1, 0.15) is 34.8 Å². The summed E-state index contributed by atoms with van der Waals surface area (Å²) in [5.74, 6) is -0.636. The highest BCUT2D eigenvalue weighted by molar-refractivity contribution is 5.95. The number of aryl methyl sites for hydroxylation is 2. The Morgan fingerprint density at radius 1 is 1.50 bits per heavy atom. The zero-order valence-electron chi connectivity index (χ0n) is 9.32. The first-order valence-corrected chi connectivity index (χ1v) is 5.05. The van der Waals surface area contributed by atoms with E-state index in [-0.39, 0.29) is 11.3 Å². The number of carbonyl (C=O) groups excluding carboxylic acids is 1. The molecule has 0 aliphatic carbocycles. The Labute approximate surface area is 93.4 Å². The summed E-state index contributed by atoms with van der Waals surface area (Å²) in [5.41, 5.74) is 6.66. The molecule has 0 aromatic heterocycles. The van der Waals surface area contributed by atoms with Gasteiger partial charge in [-0.2, -0.15) is 0 Å². The molecular weight excluding hydrogens is 208 g/mol. The maximum absolute atomic E-state index is 11.1. The van der Waals surface area contributed by atoms with E-state index in [4.69, 9.17) is 5.73 Å². The molecule has 1 aromatic carbocycles. The normalized spacial score (nSPS) is 10.1. The number of amides is 1. The van der Waals surface area contributed by atoms with Crippen LogP contribution in [0.3, 0.4) is 0 Å². The standard InChI is InChI=1S/C11H14N2O3/c1-3-4-8-5-7(2)9(11(12)14)6-10(8)13(15)16/h5-6H,3-4H2,1-2H3,(H2,12,14). The van der Waals surface area contributed by atoms with Crippen molar-refractivity contribution in [1.82, 2.24) is 0 Å². The van der Waals surface area contributed by atoms with Gasteiger partial charge in [-0.1, -0.05) is 13.3 Å². The zero-order chi connectivity index (χ0) is 12.3. The SMILES string of the molecule is CCCc1cc(C)c(C(N)=O)cc1[N+](=O)[O-]. The Morgan fingerprint density at radius 2 is 2.12 bits per heavy atom. The molecule has 0 heterocycles. The Balaban J connectivity index is 3.36. The van der Waals surface area contributed by atoms with E-state index in [1.807, 2.05) is 6.92 Å². The van der Waals surface area contributed by atoms with Crippen LogP contribution < -0.4 is 5.73 Å². The molecule has 2 N–H and O–H groups in total. The van der Waals surface area contributed by atoms with Crippen molar-refractivity contribution < 1.29 is 9.72 Å². The topological polar surface area (TPSA) is 86.2 Å². The maximum atomic E-state index is 11.1. The minimum Gasteiger partial charge on any atom is -0.366 e. The molecule has 0 radical (unpaired) electrons. The largest absolute Gasteiger partial charge is 0.366 e. The van der Waals surface area contributed by atoms with Crippen LogP contribution in [0, 0.1) is 17.0 Å². The van der Waals surface area contributed by atoms with Gasteiger partial charge < -0.3 is 5.73 Å². The van der Waals surface area contributed by atoms with Gasteiger partial charge in [-0.15, -0.1) is 0 Å². The number of carbonyl (C=O) groups is 1. The summed E-state index contributed by atoms with van der Waals surface area (Å²) < 4.78 is 0. The summed E-state index contributed by atoms with van der Waals surface area (Å²) in [6.07, 6.45) is 1.44. The van der Waals surface area contributed by atoms with E-state index in [0.29, 0.717) is 17.5 Å². The van der Waals surface area contributed by atoms with Gasteiger partial charge in [0.15, 0.2) is 0 Å². The summed E-state index contributed by atoms with van der Waals surface area (Å²) in [6.45, 7) is 3.67. The number of rotatable bonds is 4. The Hall–Kier alpha value is -1.91. The number of hydrogen-bond acceptors (Lipinski definition) is 3. The van der Waals surface area contributed by atoms with Crippen molar-refractivity contribution >= 4 is 11.6 Å². The third-order valence-electron chi connectivity index (χ3n) is 2.41. The second-order valence-corrected chi connectivity index (χ2v) is 3.67. The first kappa shape index (κ1) is 12.2. The number of hydrogen-bond donors (Lipinski definition) is 1. The van der Waals surface area contributed by atoms with Gasteiger partial charge in [0.1, 0.15) is 0 Å². The highest BCUT2D eigenvalue weighted by Crippen LogP contribution is 2.24. The lowest BCUT2D eigenvalue weighted by molar-refractivity contribution is -0.385. The fourth-order valence-electron chi connectivity index (χ4n) is 1.66. The van der Waals surface area contributed by atoms with Crippen LogP contribution in [0.25, 0.3) is 0 Å². The molecule has 0 unspecified atom stereocenters. The number of nitrogens with two attached hydrogens (primary N) is 1. The van der Waals surface area contributed by atoms with Crippen molar-refractivity contribution in [2.45, 2.75) is 26.7 Å². The number of nitro benzene ring substituents is 1. The lowest BCUT2D eigenvalue weighted by atomic mass is 10.00. The Morgan fingerprint density at radius 3 is 2.56 bits per heavy atom. The van der Waals surface area contributed by atoms with E-state index in [0.717, 1.165) is 6.42 Å². The van der Waals surface area contributed by atoms with Crippen LogP contribution in [0.4, 0.5) is 5.69 Å². The zero-order valence-corrected chi connectivity index (χ0v) is 9.32. The van der Waals surface area contributed by atoms with Crippen molar-refractivity contribution in [2.75, 3.05) is 0 Å². The molecule has 0 bridgehead atoms. The number of benzene rings is 1. The second-order valence-electron chi connectivity index (χ2n) is 3.67. The lowest BCUT2D eigenvalue weighted by Crippen LogP contribution is -2.13. The van der Waals surface area contributed by atoms with Crippen molar-refractivity contribution in [3.63, 3.8) is 0 Å². The Bertz CT molecular complexity index is 441. The summed E-state index contributed by atoms with van der Waals surface area (Å²) in [4.78, 5) is 21.4. The summed E-state index contributed by atoms with van der Waals surface area (Å²) >= 11 is 0. The molecule has 0 atom stereocenters. The third-order valence-corrected chi connectivity index (χ3v) is 2.41. The summed E-state index contributed by atoms with van der Waals surface area (Å²) in [5, 5.41) is 10.8. The fraction of sp³-hybridized carbons (Fsp3) is 0.364. The fourth-order valence-corrected chi connectivity index (χ4v) is 1.66. The van der Waals surface area contributed by atoms with Crippen LogP contribution in [0.5, 0.6) is 0 Å². The highest BCUT2D eigenvalue weighted by atomic mass is 16.6. The first-order valence-electron chi connectivity index (χ1n) is 5.05. The van der Waals surface area contributed by atoms with Crippen LogP contribution in [0.15, 0.2) is 12.1 Å². The van der Waals surface area contributed by atoms with Gasteiger partial charge >= 0.3 is 0 Å². The van der Waals surface area contributed by atoms with Gasteiger partial charge in [-0.05, 0) is 25.0 Å². The summed E-state index contributed by atoms with van der Waals surface area (Å²) in [6, 6.07) is 2.93.